The molecule has 2 aliphatic heterocycles. The van der Waals surface area contributed by atoms with Crippen LogP contribution in [0.4, 0.5) is 5.69 Å². The highest BCUT2D eigenvalue weighted by atomic mass is 16.2. The zero-order valence-electron chi connectivity index (χ0n) is 15.2. The normalized spacial score (nSPS) is 20.0. The molecule has 1 aromatic carbocycles. The Morgan fingerprint density at radius 2 is 2.00 bits per heavy atom. The SMILES string of the molecule is O=C1CC(NC(=O)c2cn(CCN3CCCCC3)nn2)c2ccccc2N1. The maximum Gasteiger partial charge on any atom is 0.273 e. The van der Waals surface area contributed by atoms with Crippen molar-refractivity contribution in [3.8, 4) is 0 Å². The van der Waals surface area contributed by atoms with Crippen molar-refractivity contribution < 1.29 is 9.59 Å². The lowest BCUT2D eigenvalue weighted by Crippen LogP contribution is -2.35. The van der Waals surface area contributed by atoms with Crippen molar-refractivity contribution in [2.75, 3.05) is 25.0 Å². The number of anilines is 1. The predicted molar refractivity (Wildman–Crippen MR) is 100 cm³/mol. The van der Waals surface area contributed by atoms with Crippen LogP contribution in [0, 0.1) is 0 Å². The Morgan fingerprint density at radius 1 is 1.19 bits per heavy atom. The predicted octanol–water partition coefficient (Wildman–Crippen LogP) is 1.58. The van der Waals surface area contributed by atoms with Crippen molar-refractivity contribution in [1.29, 1.82) is 0 Å². The first-order valence-electron chi connectivity index (χ1n) is 9.51. The summed E-state index contributed by atoms with van der Waals surface area (Å²) in [6.45, 7) is 3.89. The number of amides is 2. The third-order valence-electron chi connectivity index (χ3n) is 5.17. The molecule has 1 atom stereocenters. The van der Waals surface area contributed by atoms with E-state index in [-0.39, 0.29) is 30.0 Å². The Balaban J connectivity index is 1.37. The van der Waals surface area contributed by atoms with Gasteiger partial charge in [-0.05, 0) is 37.6 Å². The summed E-state index contributed by atoms with van der Waals surface area (Å²) >= 11 is 0. The molecule has 8 nitrogen and oxygen atoms in total. The summed E-state index contributed by atoms with van der Waals surface area (Å²) < 4.78 is 1.71. The smallest absolute Gasteiger partial charge is 0.273 e. The van der Waals surface area contributed by atoms with E-state index in [1.54, 1.807) is 10.9 Å². The molecular weight excluding hydrogens is 344 g/mol. The first-order chi connectivity index (χ1) is 13.2. The maximum absolute atomic E-state index is 12.6. The van der Waals surface area contributed by atoms with Gasteiger partial charge in [0.15, 0.2) is 5.69 Å². The molecule has 27 heavy (non-hydrogen) atoms. The molecule has 1 saturated heterocycles. The Bertz CT molecular complexity index is 827. The number of carbonyl (C=O) groups excluding carboxylic acids is 2. The number of para-hydroxylation sites is 1. The molecule has 2 amide bonds. The fourth-order valence-electron chi connectivity index (χ4n) is 3.71. The van der Waals surface area contributed by atoms with Crippen molar-refractivity contribution in [2.24, 2.45) is 0 Å². The summed E-state index contributed by atoms with van der Waals surface area (Å²) in [4.78, 5) is 26.9. The van der Waals surface area contributed by atoms with Crippen LogP contribution in [0.2, 0.25) is 0 Å². The zero-order valence-corrected chi connectivity index (χ0v) is 15.2. The lowest BCUT2D eigenvalue weighted by Gasteiger charge is -2.26. The largest absolute Gasteiger partial charge is 0.343 e. The molecule has 8 heteroatoms. The second-order valence-corrected chi connectivity index (χ2v) is 7.13. The van der Waals surface area contributed by atoms with Crippen LogP contribution >= 0.6 is 0 Å². The van der Waals surface area contributed by atoms with E-state index in [2.05, 4.69) is 25.8 Å². The van der Waals surface area contributed by atoms with E-state index in [4.69, 9.17) is 0 Å². The Labute approximate surface area is 157 Å². The van der Waals surface area contributed by atoms with Crippen molar-refractivity contribution in [3.05, 3.63) is 41.7 Å². The number of hydrogen-bond acceptors (Lipinski definition) is 5. The van der Waals surface area contributed by atoms with E-state index in [1.165, 1.54) is 19.3 Å². The highest BCUT2D eigenvalue weighted by molar-refractivity contribution is 5.97. The summed E-state index contributed by atoms with van der Waals surface area (Å²) in [6, 6.07) is 7.14. The average Bonchev–Trinajstić information content (AvgIpc) is 3.16. The van der Waals surface area contributed by atoms with Gasteiger partial charge in [-0.2, -0.15) is 0 Å². The quantitative estimate of drug-likeness (QED) is 0.836. The molecular formula is C19H24N6O2. The summed E-state index contributed by atoms with van der Waals surface area (Å²) in [5.74, 6) is -0.419. The number of carbonyl (C=O) groups is 2. The highest BCUT2D eigenvalue weighted by Crippen LogP contribution is 2.30. The minimum absolute atomic E-state index is 0.107. The monoisotopic (exact) mass is 368 g/mol. The lowest BCUT2D eigenvalue weighted by atomic mass is 9.97. The van der Waals surface area contributed by atoms with Crippen LogP contribution in [0.25, 0.3) is 0 Å². The van der Waals surface area contributed by atoms with E-state index < -0.39 is 0 Å². The number of fused-ring (bicyclic) bond motifs is 1. The van der Waals surface area contributed by atoms with Crippen LogP contribution < -0.4 is 10.6 Å². The van der Waals surface area contributed by atoms with Gasteiger partial charge >= 0.3 is 0 Å². The number of hydrogen-bond donors (Lipinski definition) is 2. The lowest BCUT2D eigenvalue weighted by molar-refractivity contribution is -0.116. The molecule has 2 N–H and O–H groups in total. The summed E-state index contributed by atoms with van der Waals surface area (Å²) in [7, 11) is 0. The summed E-state index contributed by atoms with van der Waals surface area (Å²) in [5, 5.41) is 13.8. The van der Waals surface area contributed by atoms with Gasteiger partial charge in [-0.15, -0.1) is 5.10 Å². The van der Waals surface area contributed by atoms with E-state index >= 15 is 0 Å². The number of piperidine rings is 1. The number of benzene rings is 1. The van der Waals surface area contributed by atoms with Crippen molar-refractivity contribution in [1.82, 2.24) is 25.2 Å². The fourth-order valence-corrected chi connectivity index (χ4v) is 3.71. The third kappa shape index (κ3) is 4.16. The van der Waals surface area contributed by atoms with Gasteiger partial charge in [0, 0.05) is 12.2 Å². The fraction of sp³-hybridized carbons (Fsp3) is 0.474. The van der Waals surface area contributed by atoms with E-state index in [0.29, 0.717) is 0 Å². The topological polar surface area (TPSA) is 92.2 Å². The average molecular weight is 368 g/mol. The van der Waals surface area contributed by atoms with Gasteiger partial charge in [-0.3, -0.25) is 14.3 Å². The summed E-state index contributed by atoms with van der Waals surface area (Å²) in [6.07, 6.45) is 5.70. The Hall–Kier alpha value is -2.74. The van der Waals surface area contributed by atoms with E-state index in [0.717, 1.165) is 37.4 Å². The number of nitrogens with zero attached hydrogens (tertiary/aromatic N) is 4. The standard InChI is InChI=1S/C19H24N6O2/c26-18-12-16(14-6-2-3-7-15(14)20-18)21-19(27)17-13-25(23-22-17)11-10-24-8-4-1-5-9-24/h2-3,6-7,13,16H,1,4-5,8-12H2,(H,20,26)(H,21,27). The molecule has 0 saturated carbocycles. The number of nitrogens with one attached hydrogen (secondary N) is 2. The molecule has 0 bridgehead atoms. The van der Waals surface area contributed by atoms with Gasteiger partial charge in [0.1, 0.15) is 0 Å². The molecule has 0 spiro atoms. The van der Waals surface area contributed by atoms with Crippen LogP contribution in [0.15, 0.2) is 30.5 Å². The van der Waals surface area contributed by atoms with Crippen LogP contribution in [-0.2, 0) is 11.3 Å². The van der Waals surface area contributed by atoms with Crippen LogP contribution in [0.5, 0.6) is 0 Å². The van der Waals surface area contributed by atoms with Gasteiger partial charge in [-0.25, -0.2) is 0 Å². The number of likely N-dealkylation sites (tertiary alicyclic amines) is 1. The minimum atomic E-state index is -0.360. The number of rotatable bonds is 5. The highest BCUT2D eigenvalue weighted by Gasteiger charge is 2.27. The Morgan fingerprint density at radius 3 is 2.85 bits per heavy atom. The van der Waals surface area contributed by atoms with E-state index in [9.17, 15) is 9.59 Å². The van der Waals surface area contributed by atoms with E-state index in [1.807, 2.05) is 24.3 Å². The maximum atomic E-state index is 12.6. The van der Waals surface area contributed by atoms with Gasteiger partial charge in [0.25, 0.3) is 5.91 Å². The molecule has 2 aliphatic rings. The van der Waals surface area contributed by atoms with Gasteiger partial charge in [0.2, 0.25) is 5.91 Å². The van der Waals surface area contributed by atoms with Gasteiger partial charge < -0.3 is 15.5 Å². The summed E-state index contributed by atoms with van der Waals surface area (Å²) in [5.41, 5.74) is 1.92. The Kier molecular flexibility index (Phi) is 5.15. The molecule has 0 radical (unpaired) electrons. The van der Waals surface area contributed by atoms with Gasteiger partial charge in [0.05, 0.1) is 25.2 Å². The molecule has 1 fully saturated rings. The molecule has 142 valence electrons. The first-order valence-corrected chi connectivity index (χ1v) is 9.51. The third-order valence-corrected chi connectivity index (χ3v) is 5.17. The minimum Gasteiger partial charge on any atom is -0.343 e. The second kappa shape index (κ2) is 7.87. The van der Waals surface area contributed by atoms with Crippen molar-refractivity contribution in [3.63, 3.8) is 0 Å². The molecule has 2 aromatic rings. The van der Waals surface area contributed by atoms with Crippen LogP contribution in [-0.4, -0.2) is 51.3 Å². The molecule has 3 heterocycles. The van der Waals surface area contributed by atoms with Crippen LogP contribution in [0.3, 0.4) is 0 Å². The van der Waals surface area contributed by atoms with Crippen LogP contribution in [0.1, 0.15) is 47.8 Å². The molecule has 1 aromatic heterocycles. The van der Waals surface area contributed by atoms with Gasteiger partial charge in [-0.1, -0.05) is 29.8 Å². The second-order valence-electron chi connectivity index (χ2n) is 7.13. The van der Waals surface area contributed by atoms with Crippen molar-refractivity contribution in [2.45, 2.75) is 38.3 Å². The molecule has 1 unspecified atom stereocenters. The number of aromatic nitrogens is 3. The molecule has 4 rings (SSSR count). The molecule has 0 aliphatic carbocycles. The zero-order chi connectivity index (χ0) is 18.6. The first kappa shape index (κ1) is 17.7. The van der Waals surface area contributed by atoms with Crippen molar-refractivity contribution >= 4 is 17.5 Å².